The molecule has 0 spiro atoms. The van der Waals surface area contributed by atoms with E-state index in [9.17, 15) is 13.2 Å². The molecule has 0 fully saturated rings. The second kappa shape index (κ2) is 5.98. The minimum absolute atomic E-state index is 0.00225. The number of likely N-dealkylation sites (N-methyl/N-ethyl adjacent to an activating group) is 2. The van der Waals surface area contributed by atoms with Crippen LogP contribution in [-0.4, -0.2) is 53.5 Å². The summed E-state index contributed by atoms with van der Waals surface area (Å²) in [6.07, 6.45) is 0. The standard InChI is InChI=1S/C10H17N3O4S/c1-11-6-7-13(3)10(14)8-4-5-9(17-8)18(15,16)12-2/h4-5,11-12H,6-7H2,1-3H3. The van der Waals surface area contributed by atoms with E-state index in [1.807, 2.05) is 0 Å². The van der Waals surface area contributed by atoms with E-state index in [0.29, 0.717) is 13.1 Å². The summed E-state index contributed by atoms with van der Waals surface area (Å²) in [6.45, 7) is 1.15. The van der Waals surface area contributed by atoms with Crippen LogP contribution in [0.1, 0.15) is 10.6 Å². The minimum Gasteiger partial charge on any atom is -0.438 e. The lowest BCUT2D eigenvalue weighted by Crippen LogP contribution is -2.32. The van der Waals surface area contributed by atoms with E-state index in [2.05, 4.69) is 10.0 Å². The molecule has 1 heterocycles. The molecule has 1 amide bonds. The molecule has 1 aromatic rings. The number of rotatable bonds is 6. The predicted octanol–water partition coefficient (Wildman–Crippen LogP) is -0.521. The predicted molar refractivity (Wildman–Crippen MR) is 65.8 cm³/mol. The van der Waals surface area contributed by atoms with E-state index in [4.69, 9.17) is 4.42 Å². The van der Waals surface area contributed by atoms with Crippen LogP contribution >= 0.6 is 0 Å². The van der Waals surface area contributed by atoms with Gasteiger partial charge in [0.25, 0.3) is 15.9 Å². The van der Waals surface area contributed by atoms with Crippen LogP contribution in [0.15, 0.2) is 21.6 Å². The second-order valence-electron chi connectivity index (χ2n) is 3.66. The van der Waals surface area contributed by atoms with Crippen molar-refractivity contribution in [2.45, 2.75) is 5.09 Å². The largest absolute Gasteiger partial charge is 0.438 e. The molecule has 1 aromatic heterocycles. The summed E-state index contributed by atoms with van der Waals surface area (Å²) >= 11 is 0. The first kappa shape index (κ1) is 14.7. The van der Waals surface area contributed by atoms with Gasteiger partial charge < -0.3 is 14.6 Å². The van der Waals surface area contributed by atoms with E-state index in [0.717, 1.165) is 0 Å². The van der Waals surface area contributed by atoms with Gasteiger partial charge in [-0.3, -0.25) is 4.79 Å². The molecule has 8 heteroatoms. The van der Waals surface area contributed by atoms with Crippen molar-refractivity contribution in [2.75, 3.05) is 34.2 Å². The molecule has 0 unspecified atom stereocenters. The van der Waals surface area contributed by atoms with Crippen molar-refractivity contribution in [3.05, 3.63) is 17.9 Å². The van der Waals surface area contributed by atoms with Crippen molar-refractivity contribution < 1.29 is 17.6 Å². The Labute approximate surface area is 106 Å². The molecule has 7 nitrogen and oxygen atoms in total. The van der Waals surface area contributed by atoms with Gasteiger partial charge in [0.15, 0.2) is 5.76 Å². The highest BCUT2D eigenvalue weighted by molar-refractivity contribution is 7.89. The fourth-order valence-corrected chi connectivity index (χ4v) is 1.90. The topological polar surface area (TPSA) is 91.7 Å². The normalized spacial score (nSPS) is 11.5. The van der Waals surface area contributed by atoms with Gasteiger partial charge in [0, 0.05) is 20.1 Å². The highest BCUT2D eigenvalue weighted by Crippen LogP contribution is 2.14. The minimum atomic E-state index is -3.65. The lowest BCUT2D eigenvalue weighted by Gasteiger charge is -2.14. The van der Waals surface area contributed by atoms with Crippen LogP contribution in [0.25, 0.3) is 0 Å². The third-order valence-corrected chi connectivity index (χ3v) is 3.66. The molecule has 0 aliphatic rings. The Morgan fingerprint density at radius 3 is 2.61 bits per heavy atom. The quantitative estimate of drug-likeness (QED) is 0.729. The number of amides is 1. The summed E-state index contributed by atoms with van der Waals surface area (Å²) in [6, 6.07) is 2.60. The molecule has 2 N–H and O–H groups in total. The maximum Gasteiger partial charge on any atom is 0.289 e. The summed E-state index contributed by atoms with van der Waals surface area (Å²) in [5.41, 5.74) is 0. The van der Waals surface area contributed by atoms with Gasteiger partial charge in [-0.2, -0.15) is 0 Å². The molecule has 0 bridgehead atoms. The van der Waals surface area contributed by atoms with Gasteiger partial charge in [0.05, 0.1) is 0 Å². The number of nitrogens with zero attached hydrogens (tertiary/aromatic N) is 1. The zero-order chi connectivity index (χ0) is 13.8. The van der Waals surface area contributed by atoms with Crippen LogP contribution in [0.5, 0.6) is 0 Å². The fourth-order valence-electron chi connectivity index (χ4n) is 1.25. The Hall–Kier alpha value is -1.38. The Morgan fingerprint density at radius 1 is 1.39 bits per heavy atom. The number of hydrogen-bond donors (Lipinski definition) is 2. The third kappa shape index (κ3) is 3.31. The number of carbonyl (C=O) groups excluding carboxylic acids is 1. The SMILES string of the molecule is CNCCN(C)C(=O)c1ccc(S(=O)(=O)NC)o1. The van der Waals surface area contributed by atoms with Gasteiger partial charge >= 0.3 is 0 Å². The summed E-state index contributed by atoms with van der Waals surface area (Å²) in [5, 5.41) is 2.64. The number of nitrogens with one attached hydrogen (secondary N) is 2. The van der Waals surface area contributed by atoms with Gasteiger partial charge in [-0.1, -0.05) is 0 Å². The van der Waals surface area contributed by atoms with Crippen molar-refractivity contribution >= 4 is 15.9 Å². The van der Waals surface area contributed by atoms with Crippen molar-refractivity contribution in [2.24, 2.45) is 0 Å². The average molecular weight is 275 g/mol. The molecule has 0 aromatic carbocycles. The van der Waals surface area contributed by atoms with E-state index < -0.39 is 10.0 Å². The van der Waals surface area contributed by atoms with Gasteiger partial charge in [0.1, 0.15) is 0 Å². The molecule has 18 heavy (non-hydrogen) atoms. The maximum absolute atomic E-state index is 11.9. The van der Waals surface area contributed by atoms with E-state index in [1.165, 1.54) is 24.1 Å². The van der Waals surface area contributed by atoms with E-state index in [1.54, 1.807) is 14.1 Å². The van der Waals surface area contributed by atoms with Crippen molar-refractivity contribution in [1.82, 2.24) is 14.9 Å². The number of hydrogen-bond acceptors (Lipinski definition) is 5. The maximum atomic E-state index is 11.9. The Kier molecular flexibility index (Phi) is 4.88. The van der Waals surface area contributed by atoms with Crippen LogP contribution in [0, 0.1) is 0 Å². The van der Waals surface area contributed by atoms with E-state index in [-0.39, 0.29) is 16.8 Å². The van der Waals surface area contributed by atoms with Crippen molar-refractivity contribution in [1.29, 1.82) is 0 Å². The van der Waals surface area contributed by atoms with Crippen LogP contribution in [0.2, 0.25) is 0 Å². The van der Waals surface area contributed by atoms with Crippen LogP contribution in [0.3, 0.4) is 0 Å². The Morgan fingerprint density at radius 2 is 2.06 bits per heavy atom. The first-order valence-corrected chi connectivity index (χ1v) is 6.84. The van der Waals surface area contributed by atoms with Crippen molar-refractivity contribution in [3.8, 4) is 0 Å². The summed E-state index contributed by atoms with van der Waals surface area (Å²) < 4.78 is 30.0. The van der Waals surface area contributed by atoms with Gasteiger partial charge in [-0.05, 0) is 26.2 Å². The van der Waals surface area contributed by atoms with Crippen LogP contribution in [-0.2, 0) is 10.0 Å². The molecule has 102 valence electrons. The first-order valence-electron chi connectivity index (χ1n) is 5.36. The molecular formula is C10H17N3O4S. The molecule has 0 radical (unpaired) electrons. The monoisotopic (exact) mass is 275 g/mol. The zero-order valence-electron chi connectivity index (χ0n) is 10.6. The number of furan rings is 1. The van der Waals surface area contributed by atoms with Gasteiger partial charge in [-0.25, -0.2) is 13.1 Å². The Balaban J connectivity index is 2.83. The summed E-state index contributed by atoms with van der Waals surface area (Å²) in [5.74, 6) is -0.356. The molecular weight excluding hydrogens is 258 g/mol. The third-order valence-electron chi connectivity index (χ3n) is 2.37. The summed E-state index contributed by atoms with van der Waals surface area (Å²) in [7, 11) is 1.02. The molecule has 0 saturated carbocycles. The smallest absolute Gasteiger partial charge is 0.289 e. The number of carbonyl (C=O) groups is 1. The summed E-state index contributed by atoms with van der Waals surface area (Å²) in [4.78, 5) is 13.3. The Bertz CT molecular complexity index is 509. The second-order valence-corrected chi connectivity index (χ2v) is 5.47. The average Bonchev–Trinajstić information content (AvgIpc) is 2.85. The zero-order valence-corrected chi connectivity index (χ0v) is 11.4. The lowest BCUT2D eigenvalue weighted by molar-refractivity contribution is 0.0759. The van der Waals surface area contributed by atoms with Gasteiger partial charge in [-0.15, -0.1) is 0 Å². The first-order chi connectivity index (χ1) is 8.42. The lowest BCUT2D eigenvalue weighted by atomic mass is 10.4. The molecule has 0 saturated heterocycles. The van der Waals surface area contributed by atoms with Crippen molar-refractivity contribution in [3.63, 3.8) is 0 Å². The fraction of sp³-hybridized carbons (Fsp3) is 0.500. The molecule has 0 atom stereocenters. The van der Waals surface area contributed by atoms with Gasteiger partial charge in [0.2, 0.25) is 5.09 Å². The molecule has 0 aliphatic carbocycles. The molecule has 1 rings (SSSR count). The van der Waals surface area contributed by atoms with Crippen LogP contribution < -0.4 is 10.0 Å². The van der Waals surface area contributed by atoms with E-state index >= 15 is 0 Å². The highest BCUT2D eigenvalue weighted by atomic mass is 32.2. The molecule has 0 aliphatic heterocycles. The van der Waals surface area contributed by atoms with Crippen LogP contribution in [0.4, 0.5) is 0 Å². The number of sulfonamides is 1. The highest BCUT2D eigenvalue weighted by Gasteiger charge is 2.21.